The van der Waals surface area contributed by atoms with Gasteiger partial charge in [-0.3, -0.25) is 4.79 Å². The van der Waals surface area contributed by atoms with Crippen LogP contribution in [0.15, 0.2) is 0 Å². The number of hydrogen-bond donors (Lipinski definition) is 1. The number of carbonyl (C=O) groups excluding carboxylic acids is 1. The van der Waals surface area contributed by atoms with Gasteiger partial charge in [0, 0.05) is 0 Å². The molecule has 1 atom stereocenters. The van der Waals surface area contributed by atoms with Crippen molar-refractivity contribution in [1.29, 1.82) is 0 Å². The van der Waals surface area contributed by atoms with Crippen LogP contribution in [0.1, 0.15) is 13.8 Å². The van der Waals surface area contributed by atoms with Gasteiger partial charge in [-0.1, -0.05) is 0 Å². The maximum atomic E-state index is 10.7. The minimum Gasteiger partial charge on any atom is -0.465 e. The van der Waals surface area contributed by atoms with E-state index < -0.39 is 0 Å². The maximum absolute atomic E-state index is 10.7. The summed E-state index contributed by atoms with van der Waals surface area (Å²) >= 11 is 0. The zero-order valence-corrected chi connectivity index (χ0v) is 6.10. The first kappa shape index (κ1) is 8.43. The van der Waals surface area contributed by atoms with Gasteiger partial charge in [0.15, 0.2) is 0 Å². The SMILES string of the molecule is CCOC(=O)[C@@H](C)NC. The summed E-state index contributed by atoms with van der Waals surface area (Å²) in [5.74, 6) is -0.194. The van der Waals surface area contributed by atoms with Crippen LogP contribution in [0.4, 0.5) is 0 Å². The largest absolute Gasteiger partial charge is 0.465 e. The molecule has 0 bridgehead atoms. The van der Waals surface area contributed by atoms with Crippen LogP contribution in [0, 0.1) is 0 Å². The van der Waals surface area contributed by atoms with E-state index in [-0.39, 0.29) is 12.0 Å². The Bertz CT molecular complexity index is 93.1. The van der Waals surface area contributed by atoms with Crippen molar-refractivity contribution in [3.63, 3.8) is 0 Å². The van der Waals surface area contributed by atoms with Crippen molar-refractivity contribution >= 4 is 5.97 Å². The van der Waals surface area contributed by atoms with Gasteiger partial charge in [-0.25, -0.2) is 0 Å². The number of hydrogen-bond acceptors (Lipinski definition) is 3. The Balaban J connectivity index is 3.46. The van der Waals surface area contributed by atoms with Crippen LogP contribution in [0.25, 0.3) is 0 Å². The molecule has 0 rings (SSSR count). The second-order valence-electron chi connectivity index (χ2n) is 1.76. The molecule has 0 aliphatic rings. The second kappa shape index (κ2) is 4.32. The summed E-state index contributed by atoms with van der Waals surface area (Å²) in [5, 5.41) is 2.77. The Kier molecular flexibility index (Phi) is 4.05. The molecule has 0 unspecified atom stereocenters. The van der Waals surface area contributed by atoms with E-state index in [0.717, 1.165) is 0 Å². The van der Waals surface area contributed by atoms with E-state index in [1.165, 1.54) is 0 Å². The van der Waals surface area contributed by atoms with Crippen LogP contribution in [0.3, 0.4) is 0 Å². The molecule has 0 aromatic heterocycles. The summed E-state index contributed by atoms with van der Waals surface area (Å²) in [6, 6.07) is -0.190. The average molecular weight is 131 g/mol. The van der Waals surface area contributed by atoms with Gasteiger partial charge in [-0.2, -0.15) is 0 Å². The molecule has 0 amide bonds. The monoisotopic (exact) mass is 131 g/mol. The van der Waals surface area contributed by atoms with Crippen molar-refractivity contribution in [2.45, 2.75) is 19.9 Å². The summed E-state index contributed by atoms with van der Waals surface area (Å²) in [6.45, 7) is 4.00. The quantitative estimate of drug-likeness (QED) is 0.554. The predicted octanol–water partition coefficient (Wildman–Crippen LogP) is 0.157. The lowest BCUT2D eigenvalue weighted by Gasteiger charge is -2.07. The summed E-state index contributed by atoms with van der Waals surface area (Å²) in [4.78, 5) is 10.7. The number of ether oxygens (including phenoxy) is 1. The molecular weight excluding hydrogens is 118 g/mol. The van der Waals surface area contributed by atoms with Gasteiger partial charge in [-0.05, 0) is 20.9 Å². The van der Waals surface area contributed by atoms with Crippen molar-refractivity contribution in [1.82, 2.24) is 5.32 Å². The lowest BCUT2D eigenvalue weighted by atomic mass is 10.3. The normalized spacial score (nSPS) is 12.8. The van der Waals surface area contributed by atoms with E-state index >= 15 is 0 Å². The highest BCUT2D eigenvalue weighted by Crippen LogP contribution is 1.84. The molecule has 1 N–H and O–H groups in total. The van der Waals surface area contributed by atoms with Gasteiger partial charge >= 0.3 is 5.97 Å². The topological polar surface area (TPSA) is 38.3 Å². The highest BCUT2D eigenvalue weighted by atomic mass is 16.5. The summed E-state index contributed by atoms with van der Waals surface area (Å²) < 4.78 is 4.69. The lowest BCUT2D eigenvalue weighted by Crippen LogP contribution is -2.32. The van der Waals surface area contributed by atoms with Crippen molar-refractivity contribution < 1.29 is 9.53 Å². The Morgan fingerprint density at radius 3 is 2.67 bits per heavy atom. The van der Waals surface area contributed by atoms with Gasteiger partial charge in [0.05, 0.1) is 6.61 Å². The van der Waals surface area contributed by atoms with E-state index in [1.807, 2.05) is 0 Å². The van der Waals surface area contributed by atoms with Crippen molar-refractivity contribution in [3.8, 4) is 0 Å². The van der Waals surface area contributed by atoms with E-state index in [1.54, 1.807) is 20.9 Å². The molecule has 0 fully saturated rings. The molecule has 0 saturated carbocycles. The first-order chi connectivity index (χ1) is 4.22. The zero-order valence-electron chi connectivity index (χ0n) is 6.10. The van der Waals surface area contributed by atoms with E-state index in [9.17, 15) is 4.79 Å². The molecule has 3 nitrogen and oxygen atoms in total. The van der Waals surface area contributed by atoms with Crippen LogP contribution in [-0.4, -0.2) is 25.7 Å². The van der Waals surface area contributed by atoms with Crippen LogP contribution in [0.5, 0.6) is 0 Å². The second-order valence-corrected chi connectivity index (χ2v) is 1.76. The van der Waals surface area contributed by atoms with Crippen LogP contribution >= 0.6 is 0 Å². The van der Waals surface area contributed by atoms with Crippen LogP contribution in [-0.2, 0) is 9.53 Å². The summed E-state index contributed by atoms with van der Waals surface area (Å²) in [7, 11) is 1.72. The third-order valence-corrected chi connectivity index (χ3v) is 1.07. The molecule has 0 aromatic rings. The smallest absolute Gasteiger partial charge is 0.322 e. The van der Waals surface area contributed by atoms with Gasteiger partial charge in [0.1, 0.15) is 6.04 Å². The molecule has 0 aromatic carbocycles. The highest BCUT2D eigenvalue weighted by Gasteiger charge is 2.09. The third-order valence-electron chi connectivity index (χ3n) is 1.07. The van der Waals surface area contributed by atoms with Gasteiger partial charge in [0.25, 0.3) is 0 Å². The van der Waals surface area contributed by atoms with E-state index in [4.69, 9.17) is 4.74 Å². The van der Waals surface area contributed by atoms with Gasteiger partial charge < -0.3 is 10.1 Å². The third kappa shape index (κ3) is 3.08. The maximum Gasteiger partial charge on any atom is 0.322 e. The molecule has 9 heavy (non-hydrogen) atoms. The fourth-order valence-corrected chi connectivity index (χ4v) is 0.385. The standard InChI is InChI=1S/C6H13NO2/c1-4-9-6(8)5(2)7-3/h5,7H,4H2,1-3H3/t5-/m1/s1. The molecule has 3 heteroatoms. The fraction of sp³-hybridized carbons (Fsp3) is 0.833. The Morgan fingerprint density at radius 2 is 2.33 bits per heavy atom. The highest BCUT2D eigenvalue weighted by molar-refractivity contribution is 5.75. The number of nitrogens with one attached hydrogen (secondary N) is 1. The zero-order chi connectivity index (χ0) is 7.28. The molecule has 0 saturated heterocycles. The summed E-state index contributed by atoms with van der Waals surface area (Å²) in [5.41, 5.74) is 0. The van der Waals surface area contributed by atoms with Gasteiger partial charge in [0.2, 0.25) is 0 Å². The van der Waals surface area contributed by atoms with E-state index in [2.05, 4.69) is 5.32 Å². The van der Waals surface area contributed by atoms with Crippen molar-refractivity contribution in [2.24, 2.45) is 0 Å². The summed E-state index contributed by atoms with van der Waals surface area (Å²) in [6.07, 6.45) is 0. The molecule has 0 spiro atoms. The van der Waals surface area contributed by atoms with E-state index in [0.29, 0.717) is 6.61 Å². The van der Waals surface area contributed by atoms with Gasteiger partial charge in [-0.15, -0.1) is 0 Å². The number of likely N-dealkylation sites (N-methyl/N-ethyl adjacent to an activating group) is 1. The number of carbonyl (C=O) groups is 1. The molecular formula is C6H13NO2. The Hall–Kier alpha value is -0.570. The first-order valence-corrected chi connectivity index (χ1v) is 3.06. The lowest BCUT2D eigenvalue weighted by molar-refractivity contribution is -0.144. The molecule has 54 valence electrons. The van der Waals surface area contributed by atoms with Crippen molar-refractivity contribution in [3.05, 3.63) is 0 Å². The average Bonchev–Trinajstić information content (AvgIpc) is 1.87. The molecule has 0 aliphatic carbocycles. The van der Waals surface area contributed by atoms with Crippen LogP contribution in [0.2, 0.25) is 0 Å². The minimum absolute atomic E-state index is 0.190. The Morgan fingerprint density at radius 1 is 1.78 bits per heavy atom. The predicted molar refractivity (Wildman–Crippen MR) is 35.2 cm³/mol. The first-order valence-electron chi connectivity index (χ1n) is 3.06. The van der Waals surface area contributed by atoms with Crippen molar-refractivity contribution in [2.75, 3.05) is 13.7 Å². The number of esters is 1. The fourth-order valence-electron chi connectivity index (χ4n) is 0.385. The molecule has 0 radical (unpaired) electrons. The Labute approximate surface area is 55.4 Å². The van der Waals surface area contributed by atoms with Crippen LogP contribution < -0.4 is 5.32 Å². The minimum atomic E-state index is -0.194. The molecule has 0 heterocycles. The molecule has 0 aliphatic heterocycles. The number of rotatable bonds is 3.